The molecule has 2 amide bonds. The standard InChI is InChI=1S/C20H21ClN2O4/c1-3-22(4-2)19(26)13-7-5-6-12-10-23(11-15(12)13)20(27)14-8-16(21)18(25)9-17(14)24/h5-9,24-25H,3-4,10-11H2,1-2H3. The van der Waals surface area contributed by atoms with Crippen molar-refractivity contribution in [3.8, 4) is 11.5 Å². The fourth-order valence-corrected chi connectivity index (χ4v) is 3.50. The summed E-state index contributed by atoms with van der Waals surface area (Å²) in [6.45, 7) is 5.69. The van der Waals surface area contributed by atoms with E-state index in [1.807, 2.05) is 26.0 Å². The second kappa shape index (κ2) is 7.48. The average molecular weight is 389 g/mol. The quantitative estimate of drug-likeness (QED) is 0.841. The van der Waals surface area contributed by atoms with Crippen LogP contribution in [-0.2, 0) is 13.1 Å². The van der Waals surface area contributed by atoms with Crippen molar-refractivity contribution in [1.82, 2.24) is 9.80 Å². The molecule has 1 heterocycles. The van der Waals surface area contributed by atoms with Crippen LogP contribution in [0.1, 0.15) is 45.7 Å². The summed E-state index contributed by atoms with van der Waals surface area (Å²) >= 11 is 5.88. The molecule has 0 spiro atoms. The predicted octanol–water partition coefficient (Wildman–Crippen LogP) is 3.39. The van der Waals surface area contributed by atoms with E-state index in [0.29, 0.717) is 25.2 Å². The van der Waals surface area contributed by atoms with E-state index in [1.54, 1.807) is 15.9 Å². The number of phenolic OH excluding ortho intramolecular Hbond substituents is 2. The van der Waals surface area contributed by atoms with E-state index in [1.165, 1.54) is 6.07 Å². The van der Waals surface area contributed by atoms with E-state index in [9.17, 15) is 19.8 Å². The molecule has 0 saturated heterocycles. The predicted molar refractivity (Wildman–Crippen MR) is 102 cm³/mol. The molecule has 0 atom stereocenters. The molecule has 1 aliphatic heterocycles. The van der Waals surface area contributed by atoms with Gasteiger partial charge in [-0.15, -0.1) is 0 Å². The van der Waals surface area contributed by atoms with Gasteiger partial charge in [0.25, 0.3) is 11.8 Å². The number of halogens is 1. The number of fused-ring (bicyclic) bond motifs is 1. The van der Waals surface area contributed by atoms with Crippen LogP contribution in [0.25, 0.3) is 0 Å². The van der Waals surface area contributed by atoms with Crippen LogP contribution >= 0.6 is 11.6 Å². The molecule has 7 heteroatoms. The monoisotopic (exact) mass is 388 g/mol. The minimum Gasteiger partial charge on any atom is -0.507 e. The highest BCUT2D eigenvalue weighted by molar-refractivity contribution is 6.32. The van der Waals surface area contributed by atoms with Crippen LogP contribution < -0.4 is 0 Å². The maximum Gasteiger partial charge on any atom is 0.258 e. The van der Waals surface area contributed by atoms with Gasteiger partial charge in [-0.1, -0.05) is 23.7 Å². The highest BCUT2D eigenvalue weighted by atomic mass is 35.5. The van der Waals surface area contributed by atoms with Crippen LogP contribution in [0.3, 0.4) is 0 Å². The zero-order valence-corrected chi connectivity index (χ0v) is 16.0. The van der Waals surface area contributed by atoms with Gasteiger partial charge in [0.15, 0.2) is 0 Å². The van der Waals surface area contributed by atoms with Gasteiger partial charge in [0.05, 0.1) is 10.6 Å². The molecule has 0 fully saturated rings. The van der Waals surface area contributed by atoms with Gasteiger partial charge in [0.1, 0.15) is 11.5 Å². The number of carbonyl (C=O) groups is 2. The molecule has 6 nitrogen and oxygen atoms in total. The molecule has 0 saturated carbocycles. The van der Waals surface area contributed by atoms with Crippen LogP contribution in [0.2, 0.25) is 5.02 Å². The Morgan fingerprint density at radius 1 is 1.07 bits per heavy atom. The molecule has 1 aliphatic rings. The zero-order valence-electron chi connectivity index (χ0n) is 15.2. The topological polar surface area (TPSA) is 81.1 Å². The first kappa shape index (κ1) is 19.0. The Kier molecular flexibility index (Phi) is 5.28. The lowest BCUT2D eigenvalue weighted by molar-refractivity contribution is 0.0736. The minimum atomic E-state index is -0.410. The molecule has 2 aromatic rings. The van der Waals surface area contributed by atoms with Gasteiger partial charge in [0, 0.05) is 37.8 Å². The molecule has 0 bridgehead atoms. The third kappa shape index (κ3) is 3.45. The summed E-state index contributed by atoms with van der Waals surface area (Å²) in [5.74, 6) is -1.09. The molecule has 0 aliphatic carbocycles. The van der Waals surface area contributed by atoms with Crippen molar-refractivity contribution in [3.63, 3.8) is 0 Å². The lowest BCUT2D eigenvalue weighted by Gasteiger charge is -2.20. The van der Waals surface area contributed by atoms with Gasteiger partial charge in [-0.05, 0) is 37.1 Å². The Morgan fingerprint density at radius 2 is 1.78 bits per heavy atom. The highest BCUT2D eigenvalue weighted by Gasteiger charge is 2.30. The summed E-state index contributed by atoms with van der Waals surface area (Å²) in [6.07, 6.45) is 0. The molecule has 2 N–H and O–H groups in total. The van der Waals surface area contributed by atoms with Crippen molar-refractivity contribution >= 4 is 23.4 Å². The summed E-state index contributed by atoms with van der Waals surface area (Å²) in [6, 6.07) is 7.79. The summed E-state index contributed by atoms with van der Waals surface area (Å²) in [7, 11) is 0. The number of benzene rings is 2. The van der Waals surface area contributed by atoms with Crippen molar-refractivity contribution in [2.24, 2.45) is 0 Å². The first-order valence-electron chi connectivity index (χ1n) is 8.78. The summed E-state index contributed by atoms with van der Waals surface area (Å²) in [4.78, 5) is 28.9. The van der Waals surface area contributed by atoms with E-state index in [2.05, 4.69) is 0 Å². The van der Waals surface area contributed by atoms with E-state index in [-0.39, 0.29) is 34.5 Å². The lowest BCUT2D eigenvalue weighted by atomic mass is 10.0. The van der Waals surface area contributed by atoms with E-state index >= 15 is 0 Å². The maximum atomic E-state index is 12.9. The number of hydrogen-bond acceptors (Lipinski definition) is 4. The van der Waals surface area contributed by atoms with Crippen molar-refractivity contribution in [2.75, 3.05) is 13.1 Å². The normalized spacial score (nSPS) is 12.8. The maximum absolute atomic E-state index is 12.9. The first-order valence-corrected chi connectivity index (χ1v) is 9.15. The van der Waals surface area contributed by atoms with Crippen LogP contribution in [0.5, 0.6) is 11.5 Å². The van der Waals surface area contributed by atoms with Crippen LogP contribution in [0.4, 0.5) is 0 Å². The number of aromatic hydroxyl groups is 2. The first-order chi connectivity index (χ1) is 12.9. The Hall–Kier alpha value is -2.73. The fraction of sp³-hybridized carbons (Fsp3) is 0.300. The fourth-order valence-electron chi connectivity index (χ4n) is 3.34. The lowest BCUT2D eigenvalue weighted by Crippen LogP contribution is -2.31. The second-order valence-corrected chi connectivity index (χ2v) is 6.81. The number of amides is 2. The van der Waals surface area contributed by atoms with E-state index < -0.39 is 5.91 Å². The van der Waals surface area contributed by atoms with Crippen LogP contribution in [-0.4, -0.2) is 44.9 Å². The van der Waals surface area contributed by atoms with E-state index in [0.717, 1.165) is 17.2 Å². The SMILES string of the molecule is CCN(CC)C(=O)c1cccc2c1CN(C(=O)c1cc(Cl)c(O)cc1O)C2. The molecule has 142 valence electrons. The van der Waals surface area contributed by atoms with Gasteiger partial charge < -0.3 is 20.0 Å². The number of phenols is 2. The van der Waals surface area contributed by atoms with Crippen LogP contribution in [0.15, 0.2) is 30.3 Å². The third-order valence-electron chi connectivity index (χ3n) is 4.85. The Balaban J connectivity index is 1.90. The van der Waals surface area contributed by atoms with E-state index in [4.69, 9.17) is 11.6 Å². The second-order valence-electron chi connectivity index (χ2n) is 6.40. The Bertz CT molecular complexity index is 909. The Morgan fingerprint density at radius 3 is 2.44 bits per heavy atom. The van der Waals surface area contributed by atoms with Gasteiger partial charge in [-0.2, -0.15) is 0 Å². The summed E-state index contributed by atoms with van der Waals surface area (Å²) < 4.78 is 0. The van der Waals surface area contributed by atoms with Gasteiger partial charge in [-0.3, -0.25) is 9.59 Å². The van der Waals surface area contributed by atoms with Crippen LogP contribution in [0, 0.1) is 0 Å². The molecular formula is C20H21ClN2O4. The number of hydrogen-bond donors (Lipinski definition) is 2. The number of carbonyl (C=O) groups excluding carboxylic acids is 2. The highest BCUT2D eigenvalue weighted by Crippen LogP contribution is 2.34. The third-order valence-corrected chi connectivity index (χ3v) is 5.15. The Labute approximate surface area is 162 Å². The average Bonchev–Trinajstić information content (AvgIpc) is 3.09. The number of nitrogens with zero attached hydrogens (tertiary/aromatic N) is 2. The largest absolute Gasteiger partial charge is 0.507 e. The minimum absolute atomic E-state index is 0.00902. The molecule has 27 heavy (non-hydrogen) atoms. The molecule has 2 aromatic carbocycles. The number of rotatable bonds is 4. The van der Waals surface area contributed by atoms with Gasteiger partial charge >= 0.3 is 0 Å². The van der Waals surface area contributed by atoms with Gasteiger partial charge in [-0.25, -0.2) is 0 Å². The molecular weight excluding hydrogens is 368 g/mol. The summed E-state index contributed by atoms with van der Waals surface area (Å²) in [5.41, 5.74) is 2.35. The smallest absolute Gasteiger partial charge is 0.258 e. The molecule has 0 unspecified atom stereocenters. The van der Waals surface area contributed by atoms with Gasteiger partial charge in [0.2, 0.25) is 0 Å². The molecule has 0 radical (unpaired) electrons. The summed E-state index contributed by atoms with van der Waals surface area (Å²) in [5, 5.41) is 19.6. The van der Waals surface area contributed by atoms with Crippen molar-refractivity contribution < 1.29 is 19.8 Å². The van der Waals surface area contributed by atoms with Crippen molar-refractivity contribution in [1.29, 1.82) is 0 Å². The zero-order chi connectivity index (χ0) is 19.7. The van der Waals surface area contributed by atoms with Crippen molar-refractivity contribution in [3.05, 3.63) is 57.6 Å². The van der Waals surface area contributed by atoms with Crippen molar-refractivity contribution in [2.45, 2.75) is 26.9 Å². The molecule has 3 rings (SSSR count). The molecule has 0 aromatic heterocycles.